The van der Waals surface area contributed by atoms with E-state index in [1.807, 2.05) is 0 Å². The molecule has 0 amide bonds. The number of carbonyl (C=O) groups excluding carboxylic acids is 1. The van der Waals surface area contributed by atoms with Crippen LogP contribution in [0.1, 0.15) is 32.1 Å². The van der Waals surface area contributed by atoms with Crippen LogP contribution in [0.4, 0.5) is 8.78 Å². The van der Waals surface area contributed by atoms with Gasteiger partial charge in [-0.2, -0.15) is 8.78 Å². The molecule has 4 rings (SSSR count). The van der Waals surface area contributed by atoms with Crippen molar-refractivity contribution in [1.29, 1.82) is 0 Å². The Morgan fingerprint density at radius 1 is 1.09 bits per heavy atom. The molecule has 0 aliphatic heterocycles. The van der Waals surface area contributed by atoms with Crippen LogP contribution in [0.15, 0.2) is 0 Å². The molecule has 5 nitrogen and oxygen atoms in total. The van der Waals surface area contributed by atoms with Crippen molar-refractivity contribution >= 4 is 18.0 Å². The number of hydrogen-bond donors (Lipinski definition) is 1. The summed E-state index contributed by atoms with van der Waals surface area (Å²) in [5, 5.41) is 7.14. The highest BCUT2D eigenvalue weighted by molar-refractivity contribution is 7.96. The van der Waals surface area contributed by atoms with Gasteiger partial charge < -0.3 is 4.74 Å². The maximum atomic E-state index is 13.5. The zero-order chi connectivity index (χ0) is 15.5. The fourth-order valence-corrected chi connectivity index (χ4v) is 6.17. The summed E-state index contributed by atoms with van der Waals surface area (Å²) >= 11 is -0.558. The Morgan fingerprint density at radius 3 is 2.55 bits per heavy atom. The van der Waals surface area contributed by atoms with Gasteiger partial charge in [0, 0.05) is 0 Å². The molecule has 4 saturated carbocycles. The van der Waals surface area contributed by atoms with Crippen molar-refractivity contribution in [3.8, 4) is 0 Å². The zero-order valence-corrected chi connectivity index (χ0v) is 12.6. The van der Waals surface area contributed by atoms with Crippen LogP contribution in [0.3, 0.4) is 0 Å². The topological polar surface area (TPSA) is 65.0 Å². The van der Waals surface area contributed by atoms with Gasteiger partial charge in [-0.1, -0.05) is 5.04 Å². The van der Waals surface area contributed by atoms with E-state index in [1.165, 1.54) is 19.3 Å². The molecule has 4 aliphatic carbocycles. The van der Waals surface area contributed by atoms with Crippen molar-refractivity contribution in [2.75, 3.05) is 0 Å². The summed E-state index contributed by atoms with van der Waals surface area (Å²) in [4.78, 5) is 11.6. The van der Waals surface area contributed by atoms with Gasteiger partial charge in [0.1, 0.15) is 18.1 Å². The molecule has 0 aromatic heterocycles. The van der Waals surface area contributed by atoms with Crippen LogP contribution < -0.4 is 0 Å². The molecular weight excluding hydrogens is 318 g/mol. The van der Waals surface area contributed by atoms with E-state index in [0.29, 0.717) is 24.2 Å². The second-order valence-corrected chi connectivity index (χ2v) is 7.89. The van der Waals surface area contributed by atoms with Crippen LogP contribution >= 0.6 is 12.0 Å². The number of alkyl halides is 2. The molecule has 0 spiro atoms. The molecule has 4 bridgehead atoms. The predicted octanol–water partition coefficient (Wildman–Crippen LogP) is 3.26. The molecule has 7 unspecified atom stereocenters. The van der Waals surface area contributed by atoms with E-state index in [-0.39, 0.29) is 5.92 Å². The second-order valence-electron chi connectivity index (χ2n) is 7.07. The fraction of sp³-hybridized carbons (Fsp3) is 0.929. The van der Waals surface area contributed by atoms with Gasteiger partial charge in [-0.3, -0.25) is 0 Å². The summed E-state index contributed by atoms with van der Waals surface area (Å²) in [5.74, 6) is 1.97. The Balaban J connectivity index is 1.40. The van der Waals surface area contributed by atoms with Crippen molar-refractivity contribution in [3.63, 3.8) is 0 Å². The van der Waals surface area contributed by atoms with Gasteiger partial charge in [0.25, 0.3) is 0 Å². The number of carbonyl (C=O) groups is 1. The minimum atomic E-state index is -3.89. The van der Waals surface area contributed by atoms with Gasteiger partial charge in [0.2, 0.25) is 0 Å². The third-order valence-corrected chi connectivity index (χ3v) is 6.84. The lowest BCUT2D eigenvalue weighted by molar-refractivity contribution is -0.433. The van der Waals surface area contributed by atoms with E-state index >= 15 is 0 Å². The lowest BCUT2D eigenvalue weighted by Gasteiger charge is -2.38. The summed E-state index contributed by atoms with van der Waals surface area (Å²) in [6.45, 7) is 0. The van der Waals surface area contributed by atoms with Crippen molar-refractivity contribution < 1.29 is 32.9 Å². The van der Waals surface area contributed by atoms with Gasteiger partial charge >= 0.3 is 11.2 Å². The molecule has 4 fully saturated rings. The minimum Gasteiger partial charge on any atom is -0.457 e. The SMILES string of the molecule is O=C(OC1CC2CC1C1C3CCC(C3)C21)C(F)(F)SOOO. The first-order chi connectivity index (χ1) is 10.5. The van der Waals surface area contributed by atoms with Gasteiger partial charge in [0.15, 0.2) is 0 Å². The third kappa shape index (κ3) is 2.18. The highest BCUT2D eigenvalue weighted by atomic mass is 32.2. The lowest BCUT2D eigenvalue weighted by Crippen LogP contribution is -2.40. The van der Waals surface area contributed by atoms with Gasteiger partial charge in [-0.25, -0.2) is 10.1 Å². The molecule has 0 saturated heterocycles. The molecule has 22 heavy (non-hydrogen) atoms. The molecular formula is C14H18F2O5S. The fourth-order valence-electron chi connectivity index (χ4n) is 5.94. The smallest absolute Gasteiger partial charge is 0.415 e. The quantitative estimate of drug-likeness (QED) is 0.273. The van der Waals surface area contributed by atoms with Crippen molar-refractivity contribution in [2.24, 2.45) is 35.5 Å². The Labute approximate surface area is 130 Å². The largest absolute Gasteiger partial charge is 0.457 e. The summed E-state index contributed by atoms with van der Waals surface area (Å²) in [7, 11) is 0. The first-order valence-electron chi connectivity index (χ1n) is 7.76. The van der Waals surface area contributed by atoms with E-state index in [0.717, 1.165) is 18.3 Å². The van der Waals surface area contributed by atoms with Crippen molar-refractivity contribution in [2.45, 2.75) is 43.5 Å². The van der Waals surface area contributed by atoms with Crippen LogP contribution in [-0.4, -0.2) is 22.6 Å². The molecule has 8 heteroatoms. The number of fused-ring (bicyclic) bond motifs is 9. The van der Waals surface area contributed by atoms with Gasteiger partial charge in [-0.05, 0) is 67.6 Å². The molecule has 0 heterocycles. The molecule has 7 atom stereocenters. The maximum absolute atomic E-state index is 13.5. The van der Waals surface area contributed by atoms with E-state index in [4.69, 9.17) is 9.99 Å². The van der Waals surface area contributed by atoms with Crippen molar-refractivity contribution in [3.05, 3.63) is 0 Å². The predicted molar refractivity (Wildman–Crippen MR) is 71.2 cm³/mol. The summed E-state index contributed by atoms with van der Waals surface area (Å²) in [6, 6.07) is 0. The second kappa shape index (κ2) is 5.29. The Morgan fingerprint density at radius 2 is 1.82 bits per heavy atom. The highest BCUT2D eigenvalue weighted by Gasteiger charge is 2.63. The van der Waals surface area contributed by atoms with Crippen LogP contribution in [0.25, 0.3) is 0 Å². The molecule has 0 radical (unpaired) electrons. The van der Waals surface area contributed by atoms with Gasteiger partial charge in [0.05, 0.1) is 0 Å². The first kappa shape index (κ1) is 15.1. The van der Waals surface area contributed by atoms with Crippen LogP contribution in [0.5, 0.6) is 0 Å². The molecule has 124 valence electrons. The van der Waals surface area contributed by atoms with Crippen LogP contribution in [0.2, 0.25) is 0 Å². The lowest BCUT2D eigenvalue weighted by atomic mass is 9.70. The number of hydrogen-bond acceptors (Lipinski definition) is 6. The maximum Gasteiger partial charge on any atom is 0.415 e. The van der Waals surface area contributed by atoms with Crippen LogP contribution in [0, 0.1) is 35.5 Å². The number of esters is 1. The van der Waals surface area contributed by atoms with Gasteiger partial charge in [-0.15, -0.1) is 4.33 Å². The van der Waals surface area contributed by atoms with E-state index in [9.17, 15) is 13.6 Å². The van der Waals surface area contributed by atoms with E-state index in [2.05, 4.69) is 9.37 Å². The minimum absolute atomic E-state index is 0.241. The Kier molecular flexibility index (Phi) is 3.63. The number of rotatable bonds is 5. The molecule has 1 N–H and O–H groups in total. The first-order valence-corrected chi connectivity index (χ1v) is 8.50. The number of halogens is 2. The zero-order valence-electron chi connectivity index (χ0n) is 11.8. The Hall–Kier alpha value is -0.440. The summed E-state index contributed by atoms with van der Waals surface area (Å²) < 4.78 is 35.8. The van der Waals surface area contributed by atoms with E-state index < -0.39 is 29.4 Å². The average Bonchev–Trinajstić information content (AvgIpc) is 3.22. The van der Waals surface area contributed by atoms with Crippen LogP contribution in [-0.2, 0) is 18.9 Å². The standard InChI is InChI=1S/C14H18F2O5S/c15-14(16,22-21-20-18)13(17)19-10-5-8-4-9(10)12-7-2-1-6(3-7)11(8)12/h6-12,18H,1-5H2. The highest BCUT2D eigenvalue weighted by Crippen LogP contribution is 2.67. The summed E-state index contributed by atoms with van der Waals surface area (Å²) in [5.41, 5.74) is 0. The molecule has 0 aromatic rings. The average molecular weight is 336 g/mol. The van der Waals surface area contributed by atoms with Crippen molar-refractivity contribution in [1.82, 2.24) is 0 Å². The molecule has 4 aliphatic rings. The summed E-state index contributed by atoms with van der Waals surface area (Å²) in [6.07, 6.45) is 5.14. The third-order valence-electron chi connectivity index (χ3n) is 6.34. The normalized spacial score (nSPS) is 45.3. The monoisotopic (exact) mass is 336 g/mol. The molecule has 0 aromatic carbocycles. The van der Waals surface area contributed by atoms with E-state index in [1.54, 1.807) is 0 Å². The number of ether oxygens (including phenoxy) is 1. The Bertz CT molecular complexity index is 476.